The molecule has 0 heteroatoms. The highest BCUT2D eigenvalue weighted by molar-refractivity contribution is 5.81. The Hall–Kier alpha value is -1.30. The van der Waals surface area contributed by atoms with E-state index >= 15 is 0 Å². The van der Waals surface area contributed by atoms with Crippen LogP contribution in [0.3, 0.4) is 0 Å². The Morgan fingerprint density at radius 1 is 0.667 bits per heavy atom. The van der Waals surface area contributed by atoms with Gasteiger partial charge in [0.05, 0.1) is 0 Å². The molecule has 0 atom stereocenters. The van der Waals surface area contributed by atoms with Crippen molar-refractivity contribution >= 4 is 10.8 Å². The van der Waals surface area contributed by atoms with Crippen molar-refractivity contribution in [3.8, 4) is 0 Å². The predicted molar refractivity (Wildman–Crippen MR) is 71.3 cm³/mol. The summed E-state index contributed by atoms with van der Waals surface area (Å²) in [5.41, 5.74) is 0. The zero-order valence-corrected chi connectivity index (χ0v) is 10.3. The first-order valence-corrected chi connectivity index (χ1v) is 5.82. The molecule has 0 saturated heterocycles. The first-order valence-electron chi connectivity index (χ1n) is 5.82. The van der Waals surface area contributed by atoms with Gasteiger partial charge >= 0.3 is 0 Å². The molecule has 2 aromatic rings. The van der Waals surface area contributed by atoms with Gasteiger partial charge in [-0.1, -0.05) is 82.6 Å². The van der Waals surface area contributed by atoms with E-state index in [4.69, 9.17) is 0 Å². The van der Waals surface area contributed by atoms with Crippen LogP contribution < -0.4 is 0 Å². The van der Waals surface area contributed by atoms with Crippen LogP contribution >= 0.6 is 0 Å². The van der Waals surface area contributed by atoms with E-state index in [9.17, 15) is 0 Å². The Morgan fingerprint density at radius 2 is 0.867 bits per heavy atom. The molecule has 0 fully saturated rings. The maximum atomic E-state index is 2.12. The smallest absolute Gasteiger partial charge is 0.0184 e. The molecule has 0 spiro atoms. The second-order valence-corrected chi connectivity index (χ2v) is 3.05. The molecule has 0 N–H and O–H groups in total. The van der Waals surface area contributed by atoms with Crippen molar-refractivity contribution in [2.45, 2.75) is 34.1 Å². The van der Waals surface area contributed by atoms with Gasteiger partial charge in [0.25, 0.3) is 0 Å². The molecule has 0 radical (unpaired) electrons. The SMILES string of the molecule is CC.CCC.c1ccc2ccccc2c1. The summed E-state index contributed by atoms with van der Waals surface area (Å²) in [4.78, 5) is 0. The van der Waals surface area contributed by atoms with Crippen molar-refractivity contribution in [1.29, 1.82) is 0 Å². The molecule has 82 valence electrons. The van der Waals surface area contributed by atoms with Crippen molar-refractivity contribution in [1.82, 2.24) is 0 Å². The Labute approximate surface area is 93.9 Å². The van der Waals surface area contributed by atoms with Crippen LogP contribution in [0.4, 0.5) is 0 Å². The molecule has 0 nitrogen and oxygen atoms in total. The highest BCUT2D eigenvalue weighted by Crippen LogP contribution is 2.11. The quantitative estimate of drug-likeness (QED) is 0.545. The zero-order valence-electron chi connectivity index (χ0n) is 10.3. The first-order chi connectivity index (χ1) is 7.38. The molecule has 15 heavy (non-hydrogen) atoms. The van der Waals surface area contributed by atoms with Gasteiger partial charge in [0.2, 0.25) is 0 Å². The van der Waals surface area contributed by atoms with E-state index in [0.29, 0.717) is 0 Å². The average Bonchev–Trinajstić information content (AvgIpc) is 2.33. The van der Waals surface area contributed by atoms with Gasteiger partial charge in [-0.3, -0.25) is 0 Å². The molecule has 2 rings (SSSR count). The molecule has 0 aliphatic heterocycles. The largest absolute Gasteiger partial charge is 0.0683 e. The zero-order chi connectivity index (χ0) is 11.5. The lowest BCUT2D eigenvalue weighted by atomic mass is 10.1. The highest BCUT2D eigenvalue weighted by Gasteiger charge is 1.85. The number of fused-ring (bicyclic) bond motifs is 1. The number of hydrogen-bond donors (Lipinski definition) is 0. The lowest BCUT2D eigenvalue weighted by Crippen LogP contribution is -1.67. The summed E-state index contributed by atoms with van der Waals surface area (Å²) in [5, 5.41) is 2.62. The maximum Gasteiger partial charge on any atom is -0.0184 e. The third-order valence-electron chi connectivity index (χ3n) is 1.66. The normalized spacial score (nSPS) is 8.27. The van der Waals surface area contributed by atoms with Crippen LogP contribution in [-0.2, 0) is 0 Å². The van der Waals surface area contributed by atoms with Crippen molar-refractivity contribution in [3.63, 3.8) is 0 Å². The predicted octanol–water partition coefficient (Wildman–Crippen LogP) is 5.28. The minimum absolute atomic E-state index is 1.25. The van der Waals surface area contributed by atoms with Gasteiger partial charge in [-0.15, -0.1) is 0 Å². The van der Waals surface area contributed by atoms with Crippen molar-refractivity contribution < 1.29 is 0 Å². The van der Waals surface area contributed by atoms with Crippen molar-refractivity contribution in [3.05, 3.63) is 48.5 Å². The van der Waals surface area contributed by atoms with Crippen LogP contribution in [0.15, 0.2) is 48.5 Å². The van der Waals surface area contributed by atoms with Gasteiger partial charge in [-0.25, -0.2) is 0 Å². The molecule has 0 aromatic heterocycles. The van der Waals surface area contributed by atoms with Crippen molar-refractivity contribution in [2.75, 3.05) is 0 Å². The minimum atomic E-state index is 1.25. The number of rotatable bonds is 0. The first kappa shape index (κ1) is 13.7. The molecule has 0 unspecified atom stereocenters. The topological polar surface area (TPSA) is 0 Å². The minimum Gasteiger partial charge on any atom is -0.0683 e. The van der Waals surface area contributed by atoms with Crippen LogP contribution in [-0.4, -0.2) is 0 Å². The van der Waals surface area contributed by atoms with Crippen LogP contribution in [0.5, 0.6) is 0 Å². The third-order valence-corrected chi connectivity index (χ3v) is 1.66. The summed E-state index contributed by atoms with van der Waals surface area (Å²) in [5.74, 6) is 0. The Bertz CT molecular complexity index is 284. The number of benzene rings is 2. The van der Waals surface area contributed by atoms with Gasteiger partial charge in [0, 0.05) is 0 Å². The summed E-state index contributed by atoms with van der Waals surface area (Å²) < 4.78 is 0. The van der Waals surface area contributed by atoms with E-state index in [1.54, 1.807) is 0 Å². The van der Waals surface area contributed by atoms with Crippen LogP contribution in [0.1, 0.15) is 34.1 Å². The van der Waals surface area contributed by atoms with Gasteiger partial charge < -0.3 is 0 Å². The Morgan fingerprint density at radius 3 is 1.07 bits per heavy atom. The fourth-order valence-corrected chi connectivity index (χ4v) is 1.13. The molecule has 0 bridgehead atoms. The van der Waals surface area contributed by atoms with Crippen molar-refractivity contribution in [2.24, 2.45) is 0 Å². The summed E-state index contributed by atoms with van der Waals surface area (Å²) in [6, 6.07) is 16.7. The lowest BCUT2D eigenvalue weighted by Gasteiger charge is -1.92. The monoisotopic (exact) mass is 202 g/mol. The second-order valence-electron chi connectivity index (χ2n) is 3.05. The Balaban J connectivity index is 0.000000342. The molecule has 0 aliphatic rings. The molecule has 0 amide bonds. The summed E-state index contributed by atoms with van der Waals surface area (Å²) in [6.07, 6.45) is 1.25. The van der Waals surface area contributed by atoms with Crippen LogP contribution in [0.25, 0.3) is 10.8 Å². The molecule has 0 heterocycles. The second kappa shape index (κ2) is 9.26. The van der Waals surface area contributed by atoms with Gasteiger partial charge in [0.1, 0.15) is 0 Å². The van der Waals surface area contributed by atoms with E-state index in [0.717, 1.165) is 0 Å². The van der Waals surface area contributed by atoms with E-state index in [1.165, 1.54) is 17.2 Å². The van der Waals surface area contributed by atoms with Crippen LogP contribution in [0.2, 0.25) is 0 Å². The van der Waals surface area contributed by atoms with E-state index in [1.807, 2.05) is 13.8 Å². The molecule has 0 saturated carbocycles. The average molecular weight is 202 g/mol. The molecular formula is C15H22. The summed E-state index contributed by atoms with van der Waals surface area (Å²) >= 11 is 0. The fourth-order valence-electron chi connectivity index (χ4n) is 1.13. The standard InChI is InChI=1S/C10H8.C3H8.C2H6/c1-2-6-10-8-4-3-7-9(10)5-1;1-3-2;1-2/h1-8H;3H2,1-2H3;1-2H3. The lowest BCUT2D eigenvalue weighted by molar-refractivity contribution is 1.09. The molecular weight excluding hydrogens is 180 g/mol. The van der Waals surface area contributed by atoms with E-state index in [2.05, 4.69) is 62.4 Å². The Kier molecular flexibility index (Phi) is 8.46. The number of hydrogen-bond acceptors (Lipinski definition) is 0. The van der Waals surface area contributed by atoms with Gasteiger partial charge in [0.15, 0.2) is 0 Å². The van der Waals surface area contributed by atoms with E-state index in [-0.39, 0.29) is 0 Å². The van der Waals surface area contributed by atoms with E-state index < -0.39 is 0 Å². The van der Waals surface area contributed by atoms with Gasteiger partial charge in [-0.2, -0.15) is 0 Å². The molecule has 2 aromatic carbocycles. The third kappa shape index (κ3) is 5.21. The van der Waals surface area contributed by atoms with Crippen LogP contribution in [0, 0.1) is 0 Å². The summed E-state index contributed by atoms with van der Waals surface area (Å²) in [6.45, 7) is 8.25. The maximum absolute atomic E-state index is 2.12. The molecule has 0 aliphatic carbocycles. The van der Waals surface area contributed by atoms with Gasteiger partial charge in [-0.05, 0) is 10.8 Å². The highest BCUT2D eigenvalue weighted by atomic mass is 13.9. The fraction of sp³-hybridized carbons (Fsp3) is 0.333. The summed E-state index contributed by atoms with van der Waals surface area (Å²) in [7, 11) is 0.